The van der Waals surface area contributed by atoms with E-state index in [4.69, 9.17) is 13.1 Å². The molecule has 1 aromatic heterocycles. The zero-order valence-corrected chi connectivity index (χ0v) is 22.9. The molecule has 0 aliphatic heterocycles. The predicted molar refractivity (Wildman–Crippen MR) is 162 cm³/mol. The van der Waals surface area contributed by atoms with E-state index in [1.54, 1.807) is 24.3 Å². The highest BCUT2D eigenvalue weighted by atomic mass is 32.1. The van der Waals surface area contributed by atoms with Gasteiger partial charge < -0.3 is 0 Å². The average Bonchev–Trinajstić information content (AvgIpc) is 3.65. The van der Waals surface area contributed by atoms with E-state index < -0.39 is 0 Å². The number of halogens is 2. The second-order valence-electron chi connectivity index (χ2n) is 9.94. The normalized spacial score (nSPS) is 14.3. The molecular weight excluding hydrogens is 558 g/mol. The molecule has 1 heterocycles. The van der Waals surface area contributed by atoms with E-state index in [1.165, 1.54) is 35.6 Å². The molecule has 0 bridgehead atoms. The van der Waals surface area contributed by atoms with Crippen LogP contribution in [0.5, 0.6) is 0 Å². The molecule has 7 heteroatoms. The van der Waals surface area contributed by atoms with Crippen LogP contribution in [0.2, 0.25) is 0 Å². The van der Waals surface area contributed by atoms with Gasteiger partial charge >= 0.3 is 0 Å². The molecule has 0 spiro atoms. The Hall–Kier alpha value is -6.12. The molecule has 43 heavy (non-hydrogen) atoms. The number of benzene rings is 4. The number of allylic oxidation sites excluding steroid dienone is 2. The van der Waals surface area contributed by atoms with Crippen molar-refractivity contribution >= 4 is 22.5 Å². The molecule has 0 atom stereocenters. The molecule has 0 radical (unpaired) electrons. The SMILES string of the molecule is [C-]#[N+]/C(C#N)=C1/c2cc(-c3ccc(F)cc3)ccc2-c2c1sc1c2-c2ccc(-c3ccc(F)cc3)cc2/C1=C(/C#N)[N+]#[C-]. The van der Waals surface area contributed by atoms with E-state index in [0.29, 0.717) is 11.1 Å². The van der Waals surface area contributed by atoms with Gasteiger partial charge in [0, 0.05) is 32.0 Å². The summed E-state index contributed by atoms with van der Waals surface area (Å²) in [4.78, 5) is 8.57. The van der Waals surface area contributed by atoms with Crippen molar-refractivity contribution in [3.8, 4) is 56.6 Å². The van der Waals surface area contributed by atoms with Gasteiger partial charge in [-0.05, 0) is 80.9 Å². The van der Waals surface area contributed by atoms with Gasteiger partial charge in [0.05, 0.1) is 25.3 Å². The lowest BCUT2D eigenvalue weighted by atomic mass is 9.94. The summed E-state index contributed by atoms with van der Waals surface area (Å²) in [6, 6.07) is 28.0. The van der Waals surface area contributed by atoms with Crippen molar-refractivity contribution in [1.29, 1.82) is 10.5 Å². The van der Waals surface area contributed by atoms with Crippen LogP contribution in [0.15, 0.2) is 96.3 Å². The number of thiophene rings is 1. The van der Waals surface area contributed by atoms with Gasteiger partial charge in [-0.25, -0.2) is 29.0 Å². The summed E-state index contributed by atoms with van der Waals surface area (Å²) in [5.41, 5.74) is 8.95. The maximum absolute atomic E-state index is 13.6. The molecule has 0 unspecified atom stereocenters. The van der Waals surface area contributed by atoms with Crippen molar-refractivity contribution in [1.82, 2.24) is 0 Å². The number of hydrogen-bond donors (Lipinski definition) is 0. The van der Waals surface area contributed by atoms with Crippen molar-refractivity contribution in [3.05, 3.63) is 152 Å². The average molecular weight is 573 g/mol. The molecule has 0 saturated heterocycles. The van der Waals surface area contributed by atoms with Gasteiger partial charge in [-0.3, -0.25) is 0 Å². The summed E-state index contributed by atoms with van der Waals surface area (Å²) in [6.45, 7) is 15.5. The first-order chi connectivity index (χ1) is 21.0. The Morgan fingerprint density at radius 1 is 0.558 bits per heavy atom. The van der Waals surface area contributed by atoms with Crippen LogP contribution in [-0.2, 0) is 0 Å². The molecule has 0 amide bonds. The summed E-state index contributed by atoms with van der Waals surface area (Å²) in [5, 5.41) is 19.9. The lowest BCUT2D eigenvalue weighted by molar-refractivity contribution is 0.627. The minimum atomic E-state index is -0.343. The van der Waals surface area contributed by atoms with Gasteiger partial charge in [0.25, 0.3) is 11.4 Å². The second-order valence-corrected chi connectivity index (χ2v) is 11.0. The minimum absolute atomic E-state index is 0.0562. The lowest BCUT2D eigenvalue weighted by Crippen LogP contribution is -1.88. The van der Waals surface area contributed by atoms with Crippen LogP contribution in [0.3, 0.4) is 0 Å². The summed E-state index contributed by atoms with van der Waals surface area (Å²) >= 11 is 1.36. The van der Waals surface area contributed by atoms with Gasteiger partial charge in [-0.2, -0.15) is 0 Å². The fourth-order valence-corrected chi connectivity index (χ4v) is 7.32. The number of nitriles is 2. The summed E-state index contributed by atoms with van der Waals surface area (Å²) < 4.78 is 27.2. The van der Waals surface area contributed by atoms with Crippen molar-refractivity contribution in [2.45, 2.75) is 0 Å². The summed E-state index contributed by atoms with van der Waals surface area (Å²) in [5.74, 6) is -0.687. The maximum atomic E-state index is 13.6. The molecular formula is C36H14F2N4S. The first kappa shape index (κ1) is 25.8. The van der Waals surface area contributed by atoms with Crippen LogP contribution in [-0.4, -0.2) is 0 Å². The zero-order valence-electron chi connectivity index (χ0n) is 22.0. The summed E-state index contributed by atoms with van der Waals surface area (Å²) in [6.07, 6.45) is 0. The van der Waals surface area contributed by atoms with Crippen LogP contribution in [0.1, 0.15) is 20.9 Å². The Bertz CT molecular complexity index is 2090. The van der Waals surface area contributed by atoms with E-state index in [9.17, 15) is 19.3 Å². The monoisotopic (exact) mass is 572 g/mol. The van der Waals surface area contributed by atoms with Crippen LogP contribution < -0.4 is 0 Å². The Morgan fingerprint density at radius 2 is 0.930 bits per heavy atom. The topological polar surface area (TPSA) is 56.3 Å². The van der Waals surface area contributed by atoms with Crippen LogP contribution in [0, 0.1) is 47.4 Å². The Morgan fingerprint density at radius 3 is 1.28 bits per heavy atom. The highest BCUT2D eigenvalue weighted by molar-refractivity contribution is 7.16. The van der Waals surface area contributed by atoms with Gasteiger partial charge in [-0.1, -0.05) is 48.5 Å². The molecule has 4 nitrogen and oxygen atoms in total. The third-order valence-corrected chi connectivity index (χ3v) is 8.97. The van der Waals surface area contributed by atoms with Crippen LogP contribution >= 0.6 is 11.3 Å². The number of rotatable bonds is 2. The number of fused-ring (bicyclic) bond motifs is 7. The Kier molecular flexibility index (Phi) is 5.86. The van der Waals surface area contributed by atoms with E-state index in [2.05, 4.69) is 21.8 Å². The molecule has 2 aliphatic rings. The van der Waals surface area contributed by atoms with Crippen molar-refractivity contribution < 1.29 is 8.78 Å². The molecule has 198 valence electrons. The third kappa shape index (κ3) is 3.82. The van der Waals surface area contributed by atoms with E-state index in [1.807, 2.05) is 36.4 Å². The third-order valence-electron chi connectivity index (χ3n) is 7.74. The molecule has 4 aromatic carbocycles. The number of hydrogen-bond acceptors (Lipinski definition) is 3. The quantitative estimate of drug-likeness (QED) is 0.153. The molecule has 0 N–H and O–H groups in total. The number of nitrogens with zero attached hydrogens (tertiary/aromatic N) is 4. The van der Waals surface area contributed by atoms with Gasteiger partial charge in [0.15, 0.2) is 0 Å². The zero-order chi connectivity index (χ0) is 29.8. The molecule has 0 fully saturated rings. The Labute approximate surface area is 249 Å². The molecule has 0 saturated carbocycles. The molecule has 7 rings (SSSR count). The molecule has 5 aromatic rings. The van der Waals surface area contributed by atoms with E-state index >= 15 is 0 Å². The predicted octanol–water partition coefficient (Wildman–Crippen LogP) is 9.73. The lowest BCUT2D eigenvalue weighted by Gasteiger charge is -2.09. The van der Waals surface area contributed by atoms with Gasteiger partial charge in [-0.15, -0.1) is 11.3 Å². The highest BCUT2D eigenvalue weighted by Crippen LogP contribution is 2.61. The fourth-order valence-electron chi connectivity index (χ4n) is 5.87. The second kappa shape index (κ2) is 9.76. The van der Waals surface area contributed by atoms with E-state index in [-0.39, 0.29) is 23.0 Å². The van der Waals surface area contributed by atoms with E-state index in [0.717, 1.165) is 65.4 Å². The van der Waals surface area contributed by atoms with Crippen molar-refractivity contribution in [2.24, 2.45) is 0 Å². The fraction of sp³-hybridized carbons (Fsp3) is 0. The first-order valence-corrected chi connectivity index (χ1v) is 13.8. The Balaban J connectivity index is 1.52. The standard InChI is InChI=1S/C36H14F2N4S/c1-41-29(17-39)31-27-15-21(19-3-9-23(37)10-4-19)7-13-25(27)33-34-26-14-8-22(20-5-11-24(38)12-6-20)16-28(26)32(30(18-40)42-2)36(34)43-35(31)33/h3-16H/b31-29-,32-30+. The maximum Gasteiger partial charge on any atom is 0.271 e. The first-order valence-electron chi connectivity index (χ1n) is 13.0. The summed E-state index contributed by atoms with van der Waals surface area (Å²) in [7, 11) is 0. The van der Waals surface area contributed by atoms with Crippen LogP contribution in [0.4, 0.5) is 8.78 Å². The largest absolute Gasteiger partial charge is 0.271 e. The highest BCUT2D eigenvalue weighted by Gasteiger charge is 2.39. The smallest absolute Gasteiger partial charge is 0.226 e. The van der Waals surface area contributed by atoms with Gasteiger partial charge in [0.1, 0.15) is 11.6 Å². The van der Waals surface area contributed by atoms with Crippen molar-refractivity contribution in [3.63, 3.8) is 0 Å². The van der Waals surface area contributed by atoms with Gasteiger partial charge in [0.2, 0.25) is 0 Å². The molecule has 2 aliphatic carbocycles. The van der Waals surface area contributed by atoms with Crippen LogP contribution in [0.25, 0.3) is 65.3 Å². The minimum Gasteiger partial charge on any atom is -0.226 e. The van der Waals surface area contributed by atoms with Crippen molar-refractivity contribution in [2.75, 3.05) is 0 Å².